The lowest BCUT2D eigenvalue weighted by molar-refractivity contribution is -0.223. The van der Waals surface area contributed by atoms with Crippen LogP contribution in [0.25, 0.3) is 0 Å². The molecular weight excluding hydrogens is 292 g/mol. The van der Waals surface area contributed by atoms with Crippen LogP contribution in [0.3, 0.4) is 0 Å². The summed E-state index contributed by atoms with van der Waals surface area (Å²) in [4.78, 5) is 13.0. The molecule has 2 rings (SSSR count). The average molecular weight is 313 g/mol. The van der Waals surface area contributed by atoms with Gasteiger partial charge in [0.1, 0.15) is 11.4 Å². The van der Waals surface area contributed by atoms with E-state index in [4.69, 9.17) is 4.74 Å². The van der Waals surface area contributed by atoms with Crippen LogP contribution in [-0.4, -0.2) is 41.6 Å². The number of carbonyl (C=O) groups is 1. The Balaban J connectivity index is 2.10. The summed E-state index contributed by atoms with van der Waals surface area (Å²) >= 11 is 0. The Hall–Kier alpha value is -1.69. The highest BCUT2D eigenvalue weighted by molar-refractivity contribution is 5.85. The molecule has 4 nitrogen and oxygen atoms in total. The first-order valence-electron chi connectivity index (χ1n) is 7.20. The van der Waals surface area contributed by atoms with Crippen LogP contribution in [-0.2, 0) is 11.3 Å². The van der Waals surface area contributed by atoms with Crippen molar-refractivity contribution in [1.29, 1.82) is 0 Å². The van der Waals surface area contributed by atoms with Crippen LogP contribution in [0, 0.1) is 6.92 Å². The predicted octanol–water partition coefficient (Wildman–Crippen LogP) is 2.51. The van der Waals surface area contributed by atoms with Crippen molar-refractivity contribution in [1.82, 2.24) is 4.90 Å². The minimum absolute atomic E-state index is 0.0405. The molecule has 1 aromatic rings. The number of halogens is 2. The second-order valence-electron chi connectivity index (χ2n) is 5.92. The average Bonchev–Trinajstić information content (AvgIpc) is 2.43. The lowest BCUT2D eigenvalue weighted by Gasteiger charge is -2.42. The maximum atomic E-state index is 14.1. The van der Waals surface area contributed by atoms with Gasteiger partial charge in [-0.1, -0.05) is 12.1 Å². The monoisotopic (exact) mass is 313 g/mol. The van der Waals surface area contributed by atoms with Crippen LogP contribution in [0.2, 0.25) is 0 Å². The van der Waals surface area contributed by atoms with Gasteiger partial charge in [-0.25, -0.2) is 0 Å². The fourth-order valence-electron chi connectivity index (χ4n) is 2.65. The van der Waals surface area contributed by atoms with Crippen LogP contribution >= 0.6 is 0 Å². The molecule has 1 aromatic carbocycles. The summed E-state index contributed by atoms with van der Waals surface area (Å²) in [6.07, 6.45) is 0.434. The third kappa shape index (κ3) is 2.79. The molecule has 0 unspecified atom stereocenters. The van der Waals surface area contributed by atoms with Crippen molar-refractivity contribution in [3.63, 3.8) is 0 Å². The van der Waals surface area contributed by atoms with Gasteiger partial charge in [0.2, 0.25) is 0 Å². The van der Waals surface area contributed by atoms with E-state index in [1.807, 2.05) is 6.92 Å². The van der Waals surface area contributed by atoms with Gasteiger partial charge in [0.15, 0.2) is 0 Å². The maximum absolute atomic E-state index is 14.1. The number of methoxy groups -OCH3 is 1. The molecule has 1 amide bonds. The number of aryl methyl sites for hydroxylation is 1. The Morgan fingerprint density at radius 3 is 2.55 bits per heavy atom. The summed E-state index contributed by atoms with van der Waals surface area (Å²) < 4.78 is 33.4. The molecule has 1 saturated carbocycles. The molecular formula is C16H21F2NO3. The Labute approximate surface area is 128 Å². The summed E-state index contributed by atoms with van der Waals surface area (Å²) in [5.41, 5.74) is -0.593. The lowest BCUT2D eigenvalue weighted by Crippen LogP contribution is -2.60. The van der Waals surface area contributed by atoms with Crippen molar-refractivity contribution in [2.45, 2.75) is 44.3 Å². The van der Waals surface area contributed by atoms with Gasteiger partial charge in [-0.2, -0.15) is 8.78 Å². The normalized spacial score (nSPS) is 16.8. The molecule has 0 radical (unpaired) electrons. The minimum atomic E-state index is -3.75. The SMILES string of the molecule is COc1ccc(CN(C)C(=O)C(F)(F)C2(O)CCC2)cc1C. The van der Waals surface area contributed by atoms with E-state index in [1.165, 1.54) is 7.05 Å². The standard InChI is InChI=1S/C16H21F2NO3/c1-11-9-12(5-6-13(11)22-3)10-19(2)14(20)16(17,18)15(21)7-4-8-15/h5-6,9,21H,4,7-8,10H2,1-3H3. The summed E-state index contributed by atoms with van der Waals surface area (Å²) in [6.45, 7) is 1.89. The Bertz CT molecular complexity index is 571. The second kappa shape index (κ2) is 5.83. The third-order valence-corrected chi connectivity index (χ3v) is 4.26. The van der Waals surface area contributed by atoms with Crippen molar-refractivity contribution in [3.05, 3.63) is 29.3 Å². The minimum Gasteiger partial charge on any atom is -0.496 e. The summed E-state index contributed by atoms with van der Waals surface area (Å²) in [5, 5.41) is 9.82. The highest BCUT2D eigenvalue weighted by atomic mass is 19.3. The fraction of sp³-hybridized carbons (Fsp3) is 0.562. The van der Waals surface area contributed by atoms with E-state index in [1.54, 1.807) is 25.3 Å². The molecule has 0 bridgehead atoms. The summed E-state index contributed by atoms with van der Waals surface area (Å²) in [7, 11) is 2.87. The van der Waals surface area contributed by atoms with E-state index in [2.05, 4.69) is 0 Å². The first kappa shape index (κ1) is 16.7. The number of hydrogen-bond donors (Lipinski definition) is 1. The topological polar surface area (TPSA) is 49.8 Å². The van der Waals surface area contributed by atoms with Gasteiger partial charge in [-0.15, -0.1) is 0 Å². The number of ether oxygens (including phenoxy) is 1. The van der Waals surface area contributed by atoms with E-state index in [9.17, 15) is 18.7 Å². The number of amides is 1. The molecule has 1 aliphatic rings. The van der Waals surface area contributed by atoms with E-state index in [0.717, 1.165) is 16.0 Å². The van der Waals surface area contributed by atoms with Crippen molar-refractivity contribution in [2.75, 3.05) is 14.2 Å². The van der Waals surface area contributed by atoms with Crippen LogP contribution < -0.4 is 4.74 Å². The number of benzene rings is 1. The van der Waals surface area contributed by atoms with Crippen LogP contribution in [0.5, 0.6) is 5.75 Å². The van der Waals surface area contributed by atoms with Gasteiger partial charge in [-0.05, 0) is 43.4 Å². The molecule has 0 aliphatic heterocycles. The number of aliphatic hydroxyl groups is 1. The molecule has 0 aromatic heterocycles. The highest BCUT2D eigenvalue weighted by Gasteiger charge is 2.61. The molecule has 122 valence electrons. The van der Waals surface area contributed by atoms with Crippen molar-refractivity contribution in [2.24, 2.45) is 0 Å². The largest absolute Gasteiger partial charge is 0.496 e. The van der Waals surface area contributed by atoms with E-state index < -0.39 is 17.4 Å². The zero-order chi connectivity index (χ0) is 16.5. The smallest absolute Gasteiger partial charge is 0.352 e. The van der Waals surface area contributed by atoms with Gasteiger partial charge in [0, 0.05) is 13.6 Å². The zero-order valence-electron chi connectivity index (χ0n) is 13.0. The third-order valence-electron chi connectivity index (χ3n) is 4.26. The van der Waals surface area contributed by atoms with Gasteiger partial charge in [0.25, 0.3) is 5.91 Å². The summed E-state index contributed by atoms with van der Waals surface area (Å²) in [6, 6.07) is 5.26. The van der Waals surface area contributed by atoms with E-state index in [0.29, 0.717) is 12.2 Å². The number of rotatable bonds is 5. The first-order valence-corrected chi connectivity index (χ1v) is 7.20. The van der Waals surface area contributed by atoms with E-state index in [-0.39, 0.29) is 19.4 Å². The molecule has 0 atom stereocenters. The number of carbonyl (C=O) groups excluding carboxylic acids is 1. The first-order chi connectivity index (χ1) is 10.2. The molecule has 0 saturated heterocycles. The number of alkyl halides is 2. The van der Waals surface area contributed by atoms with Gasteiger partial charge < -0.3 is 14.7 Å². The fourth-order valence-corrected chi connectivity index (χ4v) is 2.65. The van der Waals surface area contributed by atoms with Gasteiger partial charge in [-0.3, -0.25) is 4.79 Å². The van der Waals surface area contributed by atoms with Crippen LogP contribution in [0.4, 0.5) is 8.78 Å². The Kier molecular flexibility index (Phi) is 4.42. The Morgan fingerprint density at radius 2 is 2.09 bits per heavy atom. The molecule has 22 heavy (non-hydrogen) atoms. The molecule has 0 spiro atoms. The molecule has 1 aliphatic carbocycles. The van der Waals surface area contributed by atoms with Crippen LogP contribution in [0.1, 0.15) is 30.4 Å². The Morgan fingerprint density at radius 1 is 1.45 bits per heavy atom. The van der Waals surface area contributed by atoms with Gasteiger partial charge >= 0.3 is 5.92 Å². The van der Waals surface area contributed by atoms with Crippen LogP contribution in [0.15, 0.2) is 18.2 Å². The lowest BCUT2D eigenvalue weighted by atomic mass is 9.75. The molecule has 1 N–H and O–H groups in total. The van der Waals surface area contributed by atoms with Crippen molar-refractivity contribution >= 4 is 5.91 Å². The molecule has 6 heteroatoms. The van der Waals surface area contributed by atoms with Crippen molar-refractivity contribution in [3.8, 4) is 5.75 Å². The molecule has 1 fully saturated rings. The summed E-state index contributed by atoms with van der Waals surface area (Å²) in [5.74, 6) is -4.39. The highest BCUT2D eigenvalue weighted by Crippen LogP contribution is 2.45. The van der Waals surface area contributed by atoms with Gasteiger partial charge in [0.05, 0.1) is 7.11 Å². The van der Waals surface area contributed by atoms with E-state index >= 15 is 0 Å². The number of nitrogens with zero attached hydrogens (tertiary/aromatic N) is 1. The molecule has 0 heterocycles. The maximum Gasteiger partial charge on any atom is 0.352 e. The predicted molar refractivity (Wildman–Crippen MR) is 78.0 cm³/mol. The number of hydrogen-bond acceptors (Lipinski definition) is 3. The zero-order valence-corrected chi connectivity index (χ0v) is 13.0. The quantitative estimate of drug-likeness (QED) is 0.909. The second-order valence-corrected chi connectivity index (χ2v) is 5.92. The van der Waals surface area contributed by atoms with Crippen molar-refractivity contribution < 1.29 is 23.4 Å².